The van der Waals surface area contributed by atoms with Crippen LogP contribution in [-0.2, 0) is 0 Å². The first-order chi connectivity index (χ1) is 8.00. The minimum absolute atomic E-state index is 0.174. The number of nitrogens with zero attached hydrogens (tertiary/aromatic N) is 1. The third-order valence-corrected chi connectivity index (χ3v) is 2.91. The fraction of sp³-hybridized carbons (Fsp3) is 0.167. The molecule has 86 valence electrons. The lowest BCUT2D eigenvalue weighted by Gasteiger charge is -2.11. The number of alkyl halides is 2. The first kappa shape index (κ1) is 10.1. The maximum Gasteiger partial charge on any atom is 0.290 e. The Morgan fingerprint density at radius 2 is 1.53 bits per heavy atom. The summed E-state index contributed by atoms with van der Waals surface area (Å²) in [5, 5.41) is 0. The SMILES string of the molecule is O=C1c2ccccc2C(=O)N1CC1=CC1(F)F. The molecule has 0 saturated heterocycles. The highest BCUT2D eigenvalue weighted by Crippen LogP contribution is 2.41. The summed E-state index contributed by atoms with van der Waals surface area (Å²) in [4.78, 5) is 24.5. The number of fused-ring (bicyclic) bond motifs is 1. The minimum Gasteiger partial charge on any atom is -0.270 e. The predicted molar refractivity (Wildman–Crippen MR) is 54.8 cm³/mol. The fourth-order valence-electron chi connectivity index (χ4n) is 1.89. The summed E-state index contributed by atoms with van der Waals surface area (Å²) >= 11 is 0. The standard InChI is InChI=1S/C12H7F2NO2/c13-12(14)5-7(12)6-15-10(16)8-3-1-2-4-9(8)11(15)17/h1-5H,6H2. The Morgan fingerprint density at radius 1 is 1.06 bits per heavy atom. The zero-order chi connectivity index (χ0) is 12.2. The van der Waals surface area contributed by atoms with Crippen LogP contribution in [0.1, 0.15) is 20.7 Å². The number of halogens is 2. The van der Waals surface area contributed by atoms with Crippen LogP contribution < -0.4 is 0 Å². The maximum absolute atomic E-state index is 12.7. The van der Waals surface area contributed by atoms with Gasteiger partial charge < -0.3 is 0 Å². The van der Waals surface area contributed by atoms with Gasteiger partial charge in [-0.25, -0.2) is 0 Å². The molecule has 1 aromatic rings. The summed E-state index contributed by atoms with van der Waals surface area (Å²) in [5.41, 5.74) is 0.385. The molecule has 3 nitrogen and oxygen atoms in total. The topological polar surface area (TPSA) is 37.4 Å². The van der Waals surface area contributed by atoms with Crippen LogP contribution in [0.3, 0.4) is 0 Å². The Balaban J connectivity index is 1.89. The number of imide groups is 1. The predicted octanol–water partition coefficient (Wildman–Crippen LogP) is 1.86. The number of hydrogen-bond donors (Lipinski definition) is 0. The molecule has 0 atom stereocenters. The summed E-state index contributed by atoms with van der Waals surface area (Å²) < 4.78 is 25.4. The van der Waals surface area contributed by atoms with Crippen LogP contribution in [0.5, 0.6) is 0 Å². The second kappa shape index (κ2) is 3.00. The molecular formula is C12H7F2NO2. The monoisotopic (exact) mass is 235 g/mol. The highest BCUT2D eigenvalue weighted by Gasteiger charge is 2.48. The second-order valence-corrected chi connectivity index (χ2v) is 4.03. The van der Waals surface area contributed by atoms with Gasteiger partial charge in [0, 0.05) is 5.57 Å². The lowest BCUT2D eigenvalue weighted by molar-refractivity contribution is 0.0655. The first-order valence-electron chi connectivity index (χ1n) is 5.06. The normalized spacial score (nSPS) is 20.4. The van der Waals surface area contributed by atoms with Crippen LogP contribution in [0.2, 0.25) is 0 Å². The van der Waals surface area contributed by atoms with Gasteiger partial charge in [0.1, 0.15) is 0 Å². The largest absolute Gasteiger partial charge is 0.290 e. The molecular weight excluding hydrogens is 228 g/mol. The van der Waals surface area contributed by atoms with Gasteiger partial charge in [-0.05, 0) is 18.2 Å². The Hall–Kier alpha value is -2.04. The molecule has 5 heteroatoms. The van der Waals surface area contributed by atoms with E-state index in [2.05, 4.69) is 0 Å². The number of carbonyl (C=O) groups excluding carboxylic acids is 2. The molecule has 0 saturated carbocycles. The van der Waals surface area contributed by atoms with Gasteiger partial charge in [-0.3, -0.25) is 14.5 Å². The Bertz CT molecular complexity index is 543. The van der Waals surface area contributed by atoms with E-state index in [1.807, 2.05) is 0 Å². The average molecular weight is 235 g/mol. The summed E-state index contributed by atoms with van der Waals surface area (Å²) in [6.45, 7) is -0.320. The highest BCUT2D eigenvalue weighted by atomic mass is 19.3. The van der Waals surface area contributed by atoms with Crippen LogP contribution in [0, 0.1) is 0 Å². The molecule has 0 aromatic heterocycles. The van der Waals surface area contributed by atoms with E-state index in [4.69, 9.17) is 0 Å². The number of amides is 2. The van der Waals surface area contributed by atoms with Gasteiger partial charge in [0.2, 0.25) is 0 Å². The maximum atomic E-state index is 12.7. The van der Waals surface area contributed by atoms with Crippen LogP contribution in [0.25, 0.3) is 0 Å². The van der Waals surface area contributed by atoms with Crippen LogP contribution in [0.15, 0.2) is 35.9 Å². The Kier molecular flexibility index (Phi) is 1.79. The molecule has 0 radical (unpaired) electrons. The van der Waals surface area contributed by atoms with Crippen molar-refractivity contribution in [2.45, 2.75) is 5.92 Å². The van der Waals surface area contributed by atoms with Crippen molar-refractivity contribution in [3.63, 3.8) is 0 Å². The van der Waals surface area contributed by atoms with Crippen LogP contribution in [-0.4, -0.2) is 29.2 Å². The molecule has 0 N–H and O–H groups in total. The Labute approximate surface area is 95.3 Å². The third kappa shape index (κ3) is 1.39. The van der Waals surface area contributed by atoms with Gasteiger partial charge in [0.25, 0.3) is 17.7 Å². The van der Waals surface area contributed by atoms with Crippen molar-refractivity contribution in [3.8, 4) is 0 Å². The quantitative estimate of drug-likeness (QED) is 0.579. The highest BCUT2D eigenvalue weighted by molar-refractivity contribution is 6.21. The number of rotatable bonds is 2. The molecule has 0 spiro atoms. The lowest BCUT2D eigenvalue weighted by Crippen LogP contribution is -2.31. The molecule has 1 aliphatic heterocycles. The zero-order valence-corrected chi connectivity index (χ0v) is 8.61. The molecule has 0 bridgehead atoms. The molecule has 0 fully saturated rings. The fourth-order valence-corrected chi connectivity index (χ4v) is 1.89. The van der Waals surface area contributed by atoms with Crippen molar-refractivity contribution in [2.24, 2.45) is 0 Å². The molecule has 1 aliphatic carbocycles. The van der Waals surface area contributed by atoms with Gasteiger partial charge >= 0.3 is 0 Å². The van der Waals surface area contributed by atoms with E-state index in [0.717, 1.165) is 11.0 Å². The van der Waals surface area contributed by atoms with Crippen molar-refractivity contribution in [3.05, 3.63) is 47.0 Å². The second-order valence-electron chi connectivity index (χ2n) is 4.03. The van der Waals surface area contributed by atoms with Crippen LogP contribution in [0.4, 0.5) is 8.78 Å². The molecule has 2 aliphatic rings. The van der Waals surface area contributed by atoms with E-state index in [9.17, 15) is 18.4 Å². The van der Waals surface area contributed by atoms with Crippen molar-refractivity contribution >= 4 is 11.8 Å². The van der Waals surface area contributed by atoms with Gasteiger partial charge in [0.05, 0.1) is 17.7 Å². The lowest BCUT2D eigenvalue weighted by atomic mass is 10.1. The summed E-state index contributed by atoms with van der Waals surface area (Å²) in [7, 11) is 0. The van der Waals surface area contributed by atoms with E-state index in [0.29, 0.717) is 0 Å². The van der Waals surface area contributed by atoms with Gasteiger partial charge in [-0.15, -0.1) is 0 Å². The number of benzene rings is 1. The minimum atomic E-state index is -2.92. The van der Waals surface area contributed by atoms with E-state index in [-0.39, 0.29) is 23.2 Å². The summed E-state index contributed by atoms with van der Waals surface area (Å²) in [6, 6.07) is 6.32. The summed E-state index contributed by atoms with van der Waals surface area (Å²) in [5.74, 6) is -3.93. The van der Waals surface area contributed by atoms with E-state index in [1.165, 1.54) is 12.1 Å². The number of allylic oxidation sites excluding steroid dienone is 1. The molecule has 17 heavy (non-hydrogen) atoms. The van der Waals surface area contributed by atoms with Gasteiger partial charge in [-0.2, -0.15) is 8.78 Å². The van der Waals surface area contributed by atoms with Gasteiger partial charge in [-0.1, -0.05) is 12.1 Å². The van der Waals surface area contributed by atoms with Crippen molar-refractivity contribution in [1.82, 2.24) is 4.90 Å². The number of hydrogen-bond acceptors (Lipinski definition) is 2. The smallest absolute Gasteiger partial charge is 0.270 e. The molecule has 3 rings (SSSR count). The molecule has 2 amide bonds. The number of carbonyl (C=O) groups is 2. The van der Waals surface area contributed by atoms with E-state index in [1.54, 1.807) is 12.1 Å². The third-order valence-electron chi connectivity index (χ3n) is 2.91. The van der Waals surface area contributed by atoms with Crippen molar-refractivity contribution < 1.29 is 18.4 Å². The van der Waals surface area contributed by atoms with Gasteiger partial charge in [0.15, 0.2) is 0 Å². The summed E-state index contributed by atoms with van der Waals surface area (Å²) in [6.07, 6.45) is 0.760. The molecule has 1 aromatic carbocycles. The van der Waals surface area contributed by atoms with Crippen molar-refractivity contribution in [1.29, 1.82) is 0 Å². The molecule has 1 heterocycles. The average Bonchev–Trinajstić information content (AvgIpc) is 2.84. The van der Waals surface area contributed by atoms with Crippen molar-refractivity contribution in [2.75, 3.05) is 6.54 Å². The van der Waals surface area contributed by atoms with E-state index >= 15 is 0 Å². The first-order valence-corrected chi connectivity index (χ1v) is 5.06. The molecule has 0 unspecified atom stereocenters. The Morgan fingerprint density at radius 3 is 1.94 bits per heavy atom. The van der Waals surface area contributed by atoms with E-state index < -0.39 is 17.7 Å². The van der Waals surface area contributed by atoms with Crippen LogP contribution >= 0.6 is 0 Å². The zero-order valence-electron chi connectivity index (χ0n) is 8.61.